The zero-order valence-electron chi connectivity index (χ0n) is 11.5. The monoisotopic (exact) mass is 364 g/mol. The average Bonchev–Trinajstić information content (AvgIpc) is 2.91. The zero-order chi connectivity index (χ0) is 14.9. The van der Waals surface area contributed by atoms with Gasteiger partial charge in [-0.1, -0.05) is 18.2 Å². The number of hydrogen-bond acceptors (Lipinski definition) is 3. The van der Waals surface area contributed by atoms with E-state index in [0.717, 1.165) is 27.3 Å². The maximum absolute atomic E-state index is 11.6. The van der Waals surface area contributed by atoms with Crippen LogP contribution < -0.4 is 10.6 Å². The van der Waals surface area contributed by atoms with Gasteiger partial charge in [0.1, 0.15) is 0 Å². The van der Waals surface area contributed by atoms with Crippen molar-refractivity contribution in [2.75, 3.05) is 18.4 Å². The summed E-state index contributed by atoms with van der Waals surface area (Å²) in [5, 5.41) is 6.18. The van der Waals surface area contributed by atoms with Crippen LogP contribution in [0.15, 0.2) is 52.3 Å². The molecule has 1 aromatic heterocycles. The summed E-state index contributed by atoms with van der Waals surface area (Å²) in [6.45, 7) is 1.50. The molecule has 0 fully saturated rings. The third kappa shape index (κ3) is 6.14. The van der Waals surface area contributed by atoms with E-state index in [1.54, 1.807) is 17.4 Å². The van der Waals surface area contributed by atoms with Crippen LogP contribution in [0.25, 0.3) is 6.08 Å². The van der Waals surface area contributed by atoms with Gasteiger partial charge in [-0.05, 0) is 52.7 Å². The lowest BCUT2D eigenvalue weighted by atomic mass is 10.3. The Morgan fingerprint density at radius 1 is 1.14 bits per heavy atom. The Morgan fingerprint density at radius 3 is 2.67 bits per heavy atom. The number of halogens is 1. The second-order valence-electron chi connectivity index (χ2n) is 4.41. The molecule has 2 N–H and O–H groups in total. The van der Waals surface area contributed by atoms with Gasteiger partial charge >= 0.3 is 0 Å². The molecule has 0 aliphatic heterocycles. The lowest BCUT2D eigenvalue weighted by molar-refractivity contribution is -0.116. The molecule has 3 nitrogen and oxygen atoms in total. The Balaban J connectivity index is 1.60. The fourth-order valence-electron chi connectivity index (χ4n) is 1.72. The van der Waals surface area contributed by atoms with Gasteiger partial charge in [-0.3, -0.25) is 4.79 Å². The van der Waals surface area contributed by atoms with Crippen LogP contribution >= 0.6 is 27.3 Å². The quantitative estimate of drug-likeness (QED) is 0.572. The van der Waals surface area contributed by atoms with Crippen LogP contribution in [-0.2, 0) is 4.79 Å². The topological polar surface area (TPSA) is 41.1 Å². The van der Waals surface area contributed by atoms with Gasteiger partial charge in [-0.2, -0.15) is 0 Å². The molecule has 0 atom stereocenters. The van der Waals surface area contributed by atoms with Crippen LogP contribution in [0, 0.1) is 0 Å². The number of benzene rings is 1. The number of para-hydroxylation sites is 1. The third-order valence-electron chi connectivity index (χ3n) is 2.75. The third-order valence-corrected chi connectivity index (χ3v) is 4.34. The first-order valence-corrected chi connectivity index (χ1v) is 8.35. The van der Waals surface area contributed by atoms with Gasteiger partial charge in [-0.25, -0.2) is 0 Å². The highest BCUT2D eigenvalue weighted by Crippen LogP contribution is 2.22. The van der Waals surface area contributed by atoms with Gasteiger partial charge < -0.3 is 10.6 Å². The first-order valence-electron chi connectivity index (χ1n) is 6.74. The summed E-state index contributed by atoms with van der Waals surface area (Å²) in [5.41, 5.74) is 1.10. The van der Waals surface area contributed by atoms with E-state index in [9.17, 15) is 4.79 Å². The first kappa shape index (κ1) is 15.8. The van der Waals surface area contributed by atoms with E-state index in [1.165, 1.54) is 0 Å². The molecule has 1 heterocycles. The van der Waals surface area contributed by atoms with Crippen molar-refractivity contribution in [3.05, 3.63) is 57.2 Å². The molecule has 2 aromatic rings. The molecule has 0 aliphatic rings. The minimum Gasteiger partial charge on any atom is -0.385 e. The second-order valence-corrected chi connectivity index (χ2v) is 6.91. The van der Waals surface area contributed by atoms with Crippen molar-refractivity contribution < 1.29 is 4.79 Å². The van der Waals surface area contributed by atoms with Crippen LogP contribution in [0.3, 0.4) is 0 Å². The van der Waals surface area contributed by atoms with Crippen LogP contribution in [0.5, 0.6) is 0 Å². The van der Waals surface area contributed by atoms with Crippen LogP contribution in [0.1, 0.15) is 11.3 Å². The van der Waals surface area contributed by atoms with Crippen LogP contribution in [-0.4, -0.2) is 19.0 Å². The van der Waals surface area contributed by atoms with E-state index in [0.29, 0.717) is 6.54 Å². The molecule has 0 saturated heterocycles. The molecule has 1 amide bonds. The maximum Gasteiger partial charge on any atom is 0.244 e. The Hall–Kier alpha value is -1.59. The predicted octanol–water partition coefficient (Wildman–Crippen LogP) is 4.14. The molecule has 0 spiro atoms. The fourth-order valence-corrected chi connectivity index (χ4v) is 3.05. The van der Waals surface area contributed by atoms with Crippen molar-refractivity contribution in [1.29, 1.82) is 0 Å². The molecule has 0 unspecified atom stereocenters. The number of carbonyl (C=O) groups excluding carboxylic acids is 1. The molecule has 0 saturated carbocycles. The molecule has 0 aliphatic carbocycles. The number of amides is 1. The minimum atomic E-state index is -0.0563. The van der Waals surface area contributed by atoms with Gasteiger partial charge in [0.25, 0.3) is 0 Å². The molecule has 0 bridgehead atoms. The Kier molecular flexibility index (Phi) is 6.50. The van der Waals surface area contributed by atoms with Crippen molar-refractivity contribution >= 4 is 44.9 Å². The Morgan fingerprint density at radius 2 is 1.95 bits per heavy atom. The number of thiophene rings is 1. The van der Waals surface area contributed by atoms with Gasteiger partial charge in [0.05, 0.1) is 3.79 Å². The summed E-state index contributed by atoms with van der Waals surface area (Å²) in [6.07, 6.45) is 4.29. The lowest BCUT2D eigenvalue weighted by Gasteiger charge is -2.06. The van der Waals surface area contributed by atoms with Crippen molar-refractivity contribution in [3.8, 4) is 0 Å². The Labute approximate surface area is 137 Å². The number of anilines is 1. The van der Waals surface area contributed by atoms with Crippen LogP contribution in [0.4, 0.5) is 5.69 Å². The van der Waals surface area contributed by atoms with Gasteiger partial charge in [0.2, 0.25) is 5.91 Å². The average molecular weight is 365 g/mol. The van der Waals surface area contributed by atoms with E-state index >= 15 is 0 Å². The van der Waals surface area contributed by atoms with Gasteiger partial charge in [-0.15, -0.1) is 11.3 Å². The molecular formula is C16H17BrN2OS. The highest BCUT2D eigenvalue weighted by Gasteiger charge is 1.97. The summed E-state index contributed by atoms with van der Waals surface area (Å²) in [5.74, 6) is -0.0563. The van der Waals surface area contributed by atoms with Gasteiger partial charge in [0.15, 0.2) is 0 Å². The van der Waals surface area contributed by atoms with Crippen molar-refractivity contribution in [2.24, 2.45) is 0 Å². The van der Waals surface area contributed by atoms with E-state index in [1.807, 2.05) is 48.5 Å². The summed E-state index contributed by atoms with van der Waals surface area (Å²) in [4.78, 5) is 12.7. The van der Waals surface area contributed by atoms with E-state index in [2.05, 4.69) is 26.6 Å². The second kappa shape index (κ2) is 8.64. The molecule has 1 aromatic carbocycles. The number of nitrogens with one attached hydrogen (secondary N) is 2. The molecule has 0 radical (unpaired) electrons. The summed E-state index contributed by atoms with van der Waals surface area (Å²) >= 11 is 4.99. The van der Waals surface area contributed by atoms with Crippen molar-refractivity contribution in [2.45, 2.75) is 6.42 Å². The van der Waals surface area contributed by atoms with Crippen molar-refractivity contribution in [1.82, 2.24) is 5.32 Å². The Bertz CT molecular complexity index is 595. The number of rotatable bonds is 7. The summed E-state index contributed by atoms with van der Waals surface area (Å²) < 4.78 is 1.06. The highest BCUT2D eigenvalue weighted by atomic mass is 79.9. The molecule has 110 valence electrons. The van der Waals surface area contributed by atoms with Gasteiger partial charge in [0, 0.05) is 29.7 Å². The molecule has 5 heteroatoms. The van der Waals surface area contributed by atoms with Crippen LogP contribution in [0.2, 0.25) is 0 Å². The number of carbonyl (C=O) groups is 1. The normalized spacial score (nSPS) is 10.7. The summed E-state index contributed by atoms with van der Waals surface area (Å²) in [6, 6.07) is 14.0. The largest absolute Gasteiger partial charge is 0.385 e. The zero-order valence-corrected chi connectivity index (χ0v) is 13.9. The van der Waals surface area contributed by atoms with E-state index < -0.39 is 0 Å². The first-order chi connectivity index (χ1) is 10.2. The van der Waals surface area contributed by atoms with E-state index in [4.69, 9.17) is 0 Å². The highest BCUT2D eigenvalue weighted by molar-refractivity contribution is 9.11. The molecule has 2 rings (SSSR count). The summed E-state index contributed by atoms with van der Waals surface area (Å²) in [7, 11) is 0. The SMILES string of the molecule is O=C(C=Cc1ccc(Br)s1)NCCCNc1ccccc1. The molecular weight excluding hydrogens is 348 g/mol. The maximum atomic E-state index is 11.6. The minimum absolute atomic E-state index is 0.0563. The lowest BCUT2D eigenvalue weighted by Crippen LogP contribution is -2.23. The van der Waals surface area contributed by atoms with E-state index in [-0.39, 0.29) is 5.91 Å². The number of hydrogen-bond donors (Lipinski definition) is 2. The smallest absolute Gasteiger partial charge is 0.244 e. The van der Waals surface area contributed by atoms with Crippen molar-refractivity contribution in [3.63, 3.8) is 0 Å². The fraction of sp³-hybridized carbons (Fsp3) is 0.188. The molecule has 21 heavy (non-hydrogen) atoms. The predicted molar refractivity (Wildman–Crippen MR) is 93.6 cm³/mol. The standard InChI is InChI=1S/C16H17BrN2OS/c17-15-9-7-14(21-15)8-10-16(20)19-12-4-11-18-13-5-2-1-3-6-13/h1-3,5-10,18H,4,11-12H2,(H,19,20).